The highest BCUT2D eigenvalue weighted by Crippen LogP contribution is 2.44. The molecule has 1 unspecified atom stereocenters. The van der Waals surface area contributed by atoms with Crippen LogP contribution in [-0.2, 0) is 20.9 Å². The smallest absolute Gasteiger partial charge is 0.232 e. The molecule has 1 fully saturated rings. The van der Waals surface area contributed by atoms with Crippen molar-refractivity contribution in [1.82, 2.24) is 0 Å². The molecule has 2 amide bonds. The zero-order valence-electron chi connectivity index (χ0n) is 16.8. The molecule has 0 radical (unpaired) electrons. The molecule has 2 heterocycles. The van der Waals surface area contributed by atoms with Crippen LogP contribution in [0.1, 0.15) is 37.0 Å². The lowest BCUT2D eigenvalue weighted by Crippen LogP contribution is -2.39. The summed E-state index contributed by atoms with van der Waals surface area (Å²) in [5.41, 5.74) is 1.97. The minimum Gasteiger partial charge on any atom is -0.312 e. The fraction of sp³-hybridized carbons (Fsp3) is 0.348. The molecule has 0 aromatic heterocycles. The van der Waals surface area contributed by atoms with E-state index in [1.54, 1.807) is 46.2 Å². The van der Waals surface area contributed by atoms with Crippen LogP contribution in [0.5, 0.6) is 0 Å². The molecule has 1 saturated heterocycles. The summed E-state index contributed by atoms with van der Waals surface area (Å²) in [6.07, 6.45) is 0.0874. The van der Waals surface area contributed by atoms with E-state index in [2.05, 4.69) is 6.07 Å². The zero-order valence-corrected chi connectivity index (χ0v) is 17.5. The summed E-state index contributed by atoms with van der Waals surface area (Å²) in [5.74, 6) is -1.17. The van der Waals surface area contributed by atoms with Gasteiger partial charge in [0.1, 0.15) is 5.82 Å². The van der Waals surface area contributed by atoms with Gasteiger partial charge >= 0.3 is 0 Å². The predicted octanol–water partition coefficient (Wildman–Crippen LogP) is 4.11. The topological polar surface area (TPSA) is 64.4 Å². The van der Waals surface area contributed by atoms with Crippen LogP contribution in [0.2, 0.25) is 0 Å². The van der Waals surface area contributed by atoms with Crippen molar-refractivity contribution in [2.75, 3.05) is 22.9 Å². The third kappa shape index (κ3) is 3.23. The van der Waals surface area contributed by atoms with Gasteiger partial charge in [0, 0.05) is 41.7 Å². The van der Waals surface area contributed by atoms with Crippen molar-refractivity contribution in [2.45, 2.75) is 31.6 Å². The first-order valence-corrected chi connectivity index (χ1v) is 10.3. The second-order valence-corrected chi connectivity index (χ2v) is 8.71. The Bertz CT molecular complexity index is 1090. The first-order valence-electron chi connectivity index (χ1n) is 9.76. The van der Waals surface area contributed by atoms with E-state index < -0.39 is 11.3 Å². The normalized spacial score (nSPS) is 19.7. The Morgan fingerprint density at radius 1 is 1.33 bits per heavy atom. The molecule has 2 aromatic rings. The molecule has 4 rings (SSSR count). The SMILES string of the molecule is CC1(C)CN(C(=O)C2CC(=O)N(c3cccc(C#N)c3)C2)c2ccc(CCl)c(F)c21. The number of amides is 2. The summed E-state index contributed by atoms with van der Waals surface area (Å²) in [6, 6.07) is 12.2. The highest BCUT2D eigenvalue weighted by molar-refractivity contribution is 6.17. The average molecular weight is 426 g/mol. The number of alkyl halides is 1. The van der Waals surface area contributed by atoms with Crippen molar-refractivity contribution in [3.63, 3.8) is 0 Å². The van der Waals surface area contributed by atoms with Gasteiger partial charge in [-0.2, -0.15) is 5.26 Å². The lowest BCUT2D eigenvalue weighted by atomic mass is 9.85. The third-order valence-electron chi connectivity index (χ3n) is 5.89. The second-order valence-electron chi connectivity index (χ2n) is 8.44. The van der Waals surface area contributed by atoms with Gasteiger partial charge in [0.25, 0.3) is 0 Å². The van der Waals surface area contributed by atoms with Gasteiger partial charge in [-0.05, 0) is 24.3 Å². The molecule has 0 N–H and O–H groups in total. The lowest BCUT2D eigenvalue weighted by Gasteiger charge is -2.23. The van der Waals surface area contributed by atoms with Crippen molar-refractivity contribution in [3.8, 4) is 6.07 Å². The largest absolute Gasteiger partial charge is 0.312 e. The highest BCUT2D eigenvalue weighted by Gasteiger charge is 2.45. The maximum Gasteiger partial charge on any atom is 0.232 e. The molecule has 0 spiro atoms. The van der Waals surface area contributed by atoms with Crippen molar-refractivity contribution in [3.05, 3.63) is 58.9 Å². The van der Waals surface area contributed by atoms with Crippen LogP contribution in [0.4, 0.5) is 15.8 Å². The predicted molar refractivity (Wildman–Crippen MR) is 113 cm³/mol. The van der Waals surface area contributed by atoms with Gasteiger partial charge in [-0.1, -0.05) is 26.0 Å². The van der Waals surface area contributed by atoms with Crippen LogP contribution in [0.15, 0.2) is 36.4 Å². The van der Waals surface area contributed by atoms with E-state index in [4.69, 9.17) is 16.9 Å². The zero-order chi connectivity index (χ0) is 21.6. The number of halogens is 2. The van der Waals surface area contributed by atoms with E-state index in [0.29, 0.717) is 34.6 Å². The van der Waals surface area contributed by atoms with Crippen LogP contribution in [0.3, 0.4) is 0 Å². The van der Waals surface area contributed by atoms with Crippen molar-refractivity contribution < 1.29 is 14.0 Å². The van der Waals surface area contributed by atoms with E-state index in [0.717, 1.165) is 0 Å². The minimum atomic E-state index is -0.555. The monoisotopic (exact) mass is 425 g/mol. The molecule has 0 saturated carbocycles. The average Bonchev–Trinajstić information content (AvgIpc) is 3.25. The van der Waals surface area contributed by atoms with Crippen LogP contribution in [0.25, 0.3) is 0 Å². The number of carbonyl (C=O) groups excluding carboxylic acids is 2. The summed E-state index contributed by atoms with van der Waals surface area (Å²) in [7, 11) is 0. The van der Waals surface area contributed by atoms with Gasteiger partial charge in [0.2, 0.25) is 11.8 Å². The number of fused-ring (bicyclic) bond motifs is 1. The molecule has 2 aliphatic heterocycles. The first kappa shape index (κ1) is 20.4. The lowest BCUT2D eigenvalue weighted by molar-refractivity contribution is -0.124. The number of nitrogens with zero attached hydrogens (tertiary/aromatic N) is 3. The number of hydrogen-bond acceptors (Lipinski definition) is 3. The molecule has 0 aliphatic carbocycles. The standard InChI is InChI=1S/C23H21ClFN3O2/c1-23(2)13-28(18-7-6-15(10-24)21(25)20(18)23)22(30)16-9-19(29)27(12-16)17-5-3-4-14(8-17)11-26/h3-8,16H,9-10,12-13H2,1-2H3. The number of nitriles is 1. The summed E-state index contributed by atoms with van der Waals surface area (Å²) in [6.45, 7) is 4.39. The maximum atomic E-state index is 15.0. The van der Waals surface area contributed by atoms with Gasteiger partial charge < -0.3 is 9.80 Å². The molecule has 7 heteroatoms. The molecule has 2 aliphatic rings. The Kier molecular flexibility index (Phi) is 5.03. The minimum absolute atomic E-state index is 0.0665. The van der Waals surface area contributed by atoms with Crippen molar-refractivity contribution in [2.24, 2.45) is 5.92 Å². The molecule has 154 valence electrons. The number of benzene rings is 2. The Morgan fingerprint density at radius 3 is 2.80 bits per heavy atom. The number of rotatable bonds is 3. The summed E-state index contributed by atoms with van der Waals surface area (Å²) in [4.78, 5) is 29.1. The quantitative estimate of drug-likeness (QED) is 0.695. The third-order valence-corrected chi connectivity index (χ3v) is 6.18. The Morgan fingerprint density at radius 2 is 2.10 bits per heavy atom. The van der Waals surface area contributed by atoms with Gasteiger partial charge in [-0.15, -0.1) is 11.6 Å². The van der Waals surface area contributed by atoms with Crippen LogP contribution in [0, 0.1) is 23.1 Å². The van der Waals surface area contributed by atoms with E-state index in [1.165, 1.54) is 0 Å². The fourth-order valence-electron chi connectivity index (χ4n) is 4.42. The summed E-state index contributed by atoms with van der Waals surface area (Å²) in [5, 5.41) is 9.10. The van der Waals surface area contributed by atoms with Crippen LogP contribution < -0.4 is 9.80 Å². The Hall–Kier alpha value is -2.91. The number of hydrogen-bond donors (Lipinski definition) is 0. The first-order chi connectivity index (χ1) is 14.3. The van der Waals surface area contributed by atoms with Crippen LogP contribution >= 0.6 is 11.6 Å². The molecular weight excluding hydrogens is 405 g/mol. The van der Waals surface area contributed by atoms with Crippen LogP contribution in [-0.4, -0.2) is 24.9 Å². The molecule has 2 aromatic carbocycles. The Balaban J connectivity index is 1.62. The molecule has 30 heavy (non-hydrogen) atoms. The van der Waals surface area contributed by atoms with E-state index in [1.807, 2.05) is 13.8 Å². The van der Waals surface area contributed by atoms with Gasteiger partial charge in [-0.25, -0.2) is 4.39 Å². The molecule has 0 bridgehead atoms. The van der Waals surface area contributed by atoms with E-state index in [-0.39, 0.29) is 36.5 Å². The number of anilines is 2. The molecular formula is C23H21ClFN3O2. The molecule has 5 nitrogen and oxygen atoms in total. The van der Waals surface area contributed by atoms with E-state index >= 15 is 0 Å². The second kappa shape index (κ2) is 7.41. The highest BCUT2D eigenvalue weighted by atomic mass is 35.5. The molecule has 1 atom stereocenters. The van der Waals surface area contributed by atoms with Gasteiger partial charge in [0.05, 0.1) is 29.1 Å². The Labute approximate surface area is 179 Å². The summed E-state index contributed by atoms with van der Waals surface area (Å²) < 4.78 is 15.0. The maximum absolute atomic E-state index is 15.0. The number of carbonyl (C=O) groups is 2. The fourth-order valence-corrected chi connectivity index (χ4v) is 4.63. The van der Waals surface area contributed by atoms with Crippen molar-refractivity contribution in [1.29, 1.82) is 5.26 Å². The van der Waals surface area contributed by atoms with Gasteiger partial charge in [0.15, 0.2) is 0 Å². The van der Waals surface area contributed by atoms with E-state index in [9.17, 15) is 14.0 Å². The van der Waals surface area contributed by atoms with Gasteiger partial charge in [-0.3, -0.25) is 9.59 Å². The summed E-state index contributed by atoms with van der Waals surface area (Å²) >= 11 is 5.86. The van der Waals surface area contributed by atoms with Crippen molar-refractivity contribution >= 4 is 34.8 Å².